The van der Waals surface area contributed by atoms with Crippen molar-refractivity contribution in [2.75, 3.05) is 18.4 Å². The third-order valence-electron chi connectivity index (χ3n) is 6.50. The number of anilines is 2. The van der Waals surface area contributed by atoms with E-state index < -0.39 is 0 Å². The standard InChI is InChI=1S/C29H30N6O/c1-19(2)4-5-22-14-24-17-32-29(33-26-8-6-21(7-9-26)23-11-13-31-15-23)34-27(24)35(28(22)36)18-25-16-30-12-10-20(25)3/h6-10,12,14,16-17,19,23,31H,11,13,15,18H2,1-3H3,(H,32,33,34). The molecule has 1 unspecified atom stereocenters. The molecule has 2 N–H and O–H groups in total. The van der Waals surface area contributed by atoms with E-state index in [2.05, 4.69) is 56.7 Å². The lowest BCUT2D eigenvalue weighted by Gasteiger charge is -2.14. The molecule has 0 bridgehead atoms. The van der Waals surface area contributed by atoms with E-state index >= 15 is 0 Å². The molecule has 1 aromatic carbocycles. The molecular weight excluding hydrogens is 448 g/mol. The molecule has 5 rings (SSSR count). The number of nitrogens with one attached hydrogen (secondary N) is 2. The Balaban J connectivity index is 1.53. The minimum Gasteiger partial charge on any atom is -0.324 e. The molecular formula is C29H30N6O. The largest absolute Gasteiger partial charge is 0.324 e. The summed E-state index contributed by atoms with van der Waals surface area (Å²) in [6.45, 7) is 8.47. The Morgan fingerprint density at radius 3 is 2.75 bits per heavy atom. The molecule has 3 aromatic heterocycles. The second-order valence-electron chi connectivity index (χ2n) is 9.58. The van der Waals surface area contributed by atoms with Crippen molar-refractivity contribution in [1.82, 2.24) is 24.8 Å². The van der Waals surface area contributed by atoms with Crippen LogP contribution in [0, 0.1) is 24.7 Å². The summed E-state index contributed by atoms with van der Waals surface area (Å²) in [5, 5.41) is 7.47. The van der Waals surface area contributed by atoms with E-state index in [0.29, 0.717) is 29.6 Å². The number of hydrogen-bond acceptors (Lipinski definition) is 6. The van der Waals surface area contributed by atoms with Crippen molar-refractivity contribution in [3.05, 3.63) is 87.6 Å². The summed E-state index contributed by atoms with van der Waals surface area (Å²) < 4.78 is 1.67. The van der Waals surface area contributed by atoms with Gasteiger partial charge in [0, 0.05) is 42.1 Å². The van der Waals surface area contributed by atoms with Crippen molar-refractivity contribution in [2.45, 2.75) is 39.7 Å². The van der Waals surface area contributed by atoms with Gasteiger partial charge in [0.25, 0.3) is 5.56 Å². The van der Waals surface area contributed by atoms with Crippen LogP contribution in [0.15, 0.2) is 59.8 Å². The maximum atomic E-state index is 13.5. The van der Waals surface area contributed by atoms with Crippen LogP contribution in [0.25, 0.3) is 11.0 Å². The molecule has 0 aliphatic carbocycles. The zero-order valence-corrected chi connectivity index (χ0v) is 20.9. The van der Waals surface area contributed by atoms with Gasteiger partial charge in [-0.05, 0) is 66.8 Å². The first-order valence-electron chi connectivity index (χ1n) is 12.4. The molecule has 0 spiro atoms. The number of pyridine rings is 2. The zero-order valence-electron chi connectivity index (χ0n) is 20.9. The van der Waals surface area contributed by atoms with Gasteiger partial charge in [0.15, 0.2) is 0 Å². The summed E-state index contributed by atoms with van der Waals surface area (Å²) in [5.41, 5.74) is 5.09. The minimum absolute atomic E-state index is 0.160. The van der Waals surface area contributed by atoms with Crippen LogP contribution in [0.4, 0.5) is 11.6 Å². The molecule has 1 aliphatic heterocycles. The van der Waals surface area contributed by atoms with Gasteiger partial charge >= 0.3 is 0 Å². The van der Waals surface area contributed by atoms with Crippen LogP contribution in [-0.2, 0) is 6.54 Å². The van der Waals surface area contributed by atoms with Gasteiger partial charge in [0.2, 0.25) is 5.95 Å². The highest BCUT2D eigenvalue weighted by molar-refractivity contribution is 5.77. The minimum atomic E-state index is -0.168. The number of hydrogen-bond donors (Lipinski definition) is 2. The number of rotatable bonds is 5. The number of benzene rings is 1. The van der Waals surface area contributed by atoms with Crippen LogP contribution >= 0.6 is 0 Å². The van der Waals surface area contributed by atoms with E-state index in [1.165, 1.54) is 5.56 Å². The first-order chi connectivity index (χ1) is 17.5. The predicted molar refractivity (Wildman–Crippen MR) is 144 cm³/mol. The maximum absolute atomic E-state index is 13.5. The highest BCUT2D eigenvalue weighted by Crippen LogP contribution is 2.25. The molecule has 36 heavy (non-hydrogen) atoms. The van der Waals surface area contributed by atoms with Gasteiger partial charge < -0.3 is 10.6 Å². The summed E-state index contributed by atoms with van der Waals surface area (Å²) in [6.07, 6.45) is 6.46. The fourth-order valence-corrected chi connectivity index (χ4v) is 4.42. The average molecular weight is 479 g/mol. The summed E-state index contributed by atoms with van der Waals surface area (Å²) >= 11 is 0. The molecule has 182 valence electrons. The fourth-order valence-electron chi connectivity index (χ4n) is 4.42. The van der Waals surface area contributed by atoms with E-state index in [0.717, 1.165) is 41.7 Å². The van der Waals surface area contributed by atoms with Gasteiger partial charge in [-0.1, -0.05) is 37.8 Å². The third-order valence-corrected chi connectivity index (χ3v) is 6.50. The second-order valence-corrected chi connectivity index (χ2v) is 9.58. The lowest BCUT2D eigenvalue weighted by Crippen LogP contribution is -2.25. The van der Waals surface area contributed by atoms with Gasteiger partial charge in [0.1, 0.15) is 5.65 Å². The molecule has 1 fully saturated rings. The van der Waals surface area contributed by atoms with E-state index in [-0.39, 0.29) is 11.5 Å². The average Bonchev–Trinajstić information content (AvgIpc) is 3.41. The van der Waals surface area contributed by atoms with Crippen molar-refractivity contribution in [3.63, 3.8) is 0 Å². The Morgan fingerprint density at radius 2 is 2.03 bits per heavy atom. The van der Waals surface area contributed by atoms with E-state index in [4.69, 9.17) is 4.98 Å². The van der Waals surface area contributed by atoms with E-state index in [1.54, 1.807) is 29.2 Å². The second kappa shape index (κ2) is 10.3. The zero-order chi connectivity index (χ0) is 25.1. The number of nitrogens with zero attached hydrogens (tertiary/aromatic N) is 4. The summed E-state index contributed by atoms with van der Waals surface area (Å²) in [6, 6.07) is 12.1. The highest BCUT2D eigenvalue weighted by Gasteiger charge is 2.16. The lowest BCUT2D eigenvalue weighted by molar-refractivity contribution is 0.763. The molecule has 1 aliphatic rings. The van der Waals surface area contributed by atoms with Crippen LogP contribution in [0.5, 0.6) is 0 Å². The summed E-state index contributed by atoms with van der Waals surface area (Å²) in [7, 11) is 0. The molecule has 4 heterocycles. The van der Waals surface area contributed by atoms with Crippen molar-refractivity contribution in [3.8, 4) is 11.8 Å². The smallest absolute Gasteiger partial charge is 0.268 e. The van der Waals surface area contributed by atoms with Gasteiger partial charge in [-0.2, -0.15) is 4.98 Å². The van der Waals surface area contributed by atoms with Crippen LogP contribution in [0.2, 0.25) is 0 Å². The topological polar surface area (TPSA) is 84.7 Å². The molecule has 7 heteroatoms. The fraction of sp³-hybridized carbons (Fsp3) is 0.310. The van der Waals surface area contributed by atoms with E-state index in [9.17, 15) is 4.79 Å². The Morgan fingerprint density at radius 1 is 1.19 bits per heavy atom. The molecule has 1 saturated heterocycles. The first kappa shape index (κ1) is 23.7. The molecule has 0 radical (unpaired) electrons. The molecule has 7 nitrogen and oxygen atoms in total. The van der Waals surface area contributed by atoms with Crippen molar-refractivity contribution < 1.29 is 0 Å². The quantitative estimate of drug-likeness (QED) is 0.415. The number of aromatic nitrogens is 4. The Bertz CT molecular complexity index is 1510. The van der Waals surface area contributed by atoms with E-state index in [1.807, 2.05) is 26.8 Å². The van der Waals surface area contributed by atoms with Crippen LogP contribution in [-0.4, -0.2) is 32.6 Å². The maximum Gasteiger partial charge on any atom is 0.268 e. The Hall–Kier alpha value is -4.02. The summed E-state index contributed by atoms with van der Waals surface area (Å²) in [5.74, 6) is 7.32. The first-order valence-corrected chi connectivity index (χ1v) is 12.4. The van der Waals surface area contributed by atoms with Gasteiger partial charge in [-0.15, -0.1) is 0 Å². The van der Waals surface area contributed by atoms with Gasteiger partial charge in [-0.3, -0.25) is 14.3 Å². The van der Waals surface area contributed by atoms with Crippen LogP contribution < -0.4 is 16.2 Å². The number of fused-ring (bicyclic) bond motifs is 1. The van der Waals surface area contributed by atoms with Crippen molar-refractivity contribution in [2.24, 2.45) is 5.92 Å². The van der Waals surface area contributed by atoms with Crippen molar-refractivity contribution in [1.29, 1.82) is 0 Å². The normalized spacial score (nSPS) is 15.2. The monoisotopic (exact) mass is 478 g/mol. The third kappa shape index (κ3) is 5.14. The predicted octanol–water partition coefficient (Wildman–Crippen LogP) is 4.37. The van der Waals surface area contributed by atoms with Gasteiger partial charge in [-0.25, -0.2) is 4.98 Å². The lowest BCUT2D eigenvalue weighted by atomic mass is 9.98. The van der Waals surface area contributed by atoms with Crippen molar-refractivity contribution >= 4 is 22.7 Å². The summed E-state index contributed by atoms with van der Waals surface area (Å²) in [4.78, 5) is 27.0. The molecule has 0 saturated carbocycles. The van der Waals surface area contributed by atoms with Crippen LogP contribution in [0.1, 0.15) is 48.4 Å². The Kier molecular flexibility index (Phi) is 6.79. The number of aryl methyl sites for hydroxylation is 1. The molecule has 0 amide bonds. The van der Waals surface area contributed by atoms with Crippen LogP contribution in [0.3, 0.4) is 0 Å². The Labute approximate surface area is 211 Å². The van der Waals surface area contributed by atoms with Gasteiger partial charge in [0.05, 0.1) is 12.1 Å². The highest BCUT2D eigenvalue weighted by atomic mass is 16.1. The molecule has 4 aromatic rings. The SMILES string of the molecule is Cc1ccncc1Cn1c(=O)c(C#CC(C)C)cc2cnc(Nc3ccc(C4CCNC4)cc3)nc21. The molecule has 1 atom stereocenters.